The molecule has 0 aromatic heterocycles. The lowest BCUT2D eigenvalue weighted by Crippen LogP contribution is -2.19. The number of alkyl halides is 3. The first kappa shape index (κ1) is 8.06. The second-order valence-corrected chi connectivity index (χ2v) is 1.17. The van der Waals surface area contributed by atoms with Crippen LogP contribution in [0.25, 0.3) is 0 Å². The third-order valence-electron chi connectivity index (χ3n) is 0.359. The maximum absolute atomic E-state index is 11.0. The van der Waals surface area contributed by atoms with Crippen molar-refractivity contribution in [3.8, 4) is 0 Å². The van der Waals surface area contributed by atoms with Crippen molar-refractivity contribution in [1.29, 1.82) is 0 Å². The molecule has 0 aromatic carbocycles. The van der Waals surface area contributed by atoms with Gasteiger partial charge in [-0.2, -0.15) is 13.2 Å². The van der Waals surface area contributed by atoms with E-state index in [1.165, 1.54) is 0 Å². The Labute approximate surface area is 48.6 Å². The molecule has 0 saturated carbocycles. The minimum Gasteiger partial charge on any atom is -0.437 e. The zero-order chi connectivity index (χ0) is 7.49. The molecule has 0 rings (SSSR count). The average molecular weight is 141 g/mol. The molecule has 0 aliphatic carbocycles. The third kappa shape index (κ3) is 7.06. The molecule has 6 heteroatoms. The highest BCUT2D eigenvalue weighted by molar-refractivity contribution is 5.63. The van der Waals surface area contributed by atoms with E-state index in [-0.39, 0.29) is 0 Å². The second kappa shape index (κ2) is 2.56. The molecular weight excluding hydrogens is 139 g/mol. The van der Waals surface area contributed by atoms with Gasteiger partial charge in [0.15, 0.2) is 6.61 Å². The van der Waals surface area contributed by atoms with Crippen molar-refractivity contribution < 1.29 is 22.7 Å². The number of nitrogens with zero attached hydrogens (tertiary/aromatic N) is 1. The van der Waals surface area contributed by atoms with Crippen LogP contribution in [-0.2, 0) is 4.74 Å². The Hall–Kier alpha value is -0.940. The summed E-state index contributed by atoms with van der Waals surface area (Å²) in [6.07, 6.45) is -6.49. The van der Waals surface area contributed by atoms with Crippen molar-refractivity contribution >= 4 is 6.09 Å². The number of carbonyl (C=O) groups is 1. The van der Waals surface area contributed by atoms with Gasteiger partial charge in [-0.25, -0.2) is 4.79 Å². The van der Waals surface area contributed by atoms with E-state index >= 15 is 0 Å². The van der Waals surface area contributed by atoms with Gasteiger partial charge in [-0.3, -0.25) is 0 Å². The monoisotopic (exact) mass is 141 g/mol. The largest absolute Gasteiger partial charge is 0.452 e. The summed E-state index contributed by atoms with van der Waals surface area (Å²) in [5.41, 5.74) is 7.55. The molecule has 0 heterocycles. The Morgan fingerprint density at radius 2 is 2.00 bits per heavy atom. The molecule has 3 nitrogen and oxygen atoms in total. The first-order chi connectivity index (χ1) is 3.92. The molecule has 1 amide bonds. The summed E-state index contributed by atoms with van der Waals surface area (Å²) in [4.78, 5) is 9.32. The lowest BCUT2D eigenvalue weighted by Gasteiger charge is -2.02. The Morgan fingerprint density at radius 1 is 1.56 bits per heavy atom. The highest BCUT2D eigenvalue weighted by Crippen LogP contribution is 2.13. The van der Waals surface area contributed by atoms with E-state index in [4.69, 9.17) is 5.73 Å². The molecule has 0 unspecified atom stereocenters. The SMILES string of the molecule is [N]C(=O)OCC(F)(F)F. The van der Waals surface area contributed by atoms with Crippen molar-refractivity contribution in [2.24, 2.45) is 0 Å². The van der Waals surface area contributed by atoms with E-state index < -0.39 is 18.9 Å². The number of hydrogen-bond acceptors (Lipinski definition) is 2. The van der Waals surface area contributed by atoms with Gasteiger partial charge in [-0.15, -0.1) is 0 Å². The zero-order valence-electron chi connectivity index (χ0n) is 4.10. The number of rotatable bonds is 1. The Kier molecular flexibility index (Phi) is 2.29. The van der Waals surface area contributed by atoms with Gasteiger partial charge < -0.3 is 4.74 Å². The van der Waals surface area contributed by atoms with Crippen LogP contribution in [0.5, 0.6) is 0 Å². The van der Waals surface area contributed by atoms with Crippen LogP contribution >= 0.6 is 0 Å². The van der Waals surface area contributed by atoms with Gasteiger partial charge >= 0.3 is 12.3 Å². The fraction of sp³-hybridized carbons (Fsp3) is 0.667. The van der Waals surface area contributed by atoms with Crippen LogP contribution in [0, 0.1) is 0 Å². The smallest absolute Gasteiger partial charge is 0.437 e. The van der Waals surface area contributed by atoms with Crippen LogP contribution in [0.3, 0.4) is 0 Å². The van der Waals surface area contributed by atoms with E-state index in [1.54, 1.807) is 0 Å². The van der Waals surface area contributed by atoms with Gasteiger partial charge in [0.25, 0.3) is 0 Å². The molecule has 0 saturated heterocycles. The second-order valence-electron chi connectivity index (χ2n) is 1.17. The molecule has 2 radical (unpaired) electrons. The first-order valence-corrected chi connectivity index (χ1v) is 1.84. The van der Waals surface area contributed by atoms with Crippen molar-refractivity contribution in [3.63, 3.8) is 0 Å². The van der Waals surface area contributed by atoms with Gasteiger partial charge in [-0.1, -0.05) is 5.73 Å². The highest BCUT2D eigenvalue weighted by atomic mass is 19.4. The fourth-order valence-electron chi connectivity index (χ4n) is 0.144. The topological polar surface area (TPSA) is 48.6 Å². The van der Waals surface area contributed by atoms with E-state index in [0.717, 1.165) is 0 Å². The molecule has 0 fully saturated rings. The Morgan fingerprint density at radius 3 is 2.11 bits per heavy atom. The maximum atomic E-state index is 11.0. The number of hydrogen-bond donors (Lipinski definition) is 0. The van der Waals surface area contributed by atoms with Crippen LogP contribution in [0.4, 0.5) is 18.0 Å². The van der Waals surface area contributed by atoms with Gasteiger partial charge in [0.1, 0.15) is 0 Å². The summed E-state index contributed by atoms with van der Waals surface area (Å²) in [7, 11) is 0. The lowest BCUT2D eigenvalue weighted by atomic mass is 10.7. The highest BCUT2D eigenvalue weighted by Gasteiger charge is 2.29. The molecule has 0 aliphatic rings. The summed E-state index contributed by atoms with van der Waals surface area (Å²) in [5.74, 6) is 0. The van der Waals surface area contributed by atoms with Crippen molar-refractivity contribution in [3.05, 3.63) is 0 Å². The fourth-order valence-corrected chi connectivity index (χ4v) is 0.144. The minimum atomic E-state index is -4.57. The Bertz CT molecular complexity index is 110. The summed E-state index contributed by atoms with van der Waals surface area (Å²) in [6, 6.07) is 0. The van der Waals surface area contributed by atoms with Gasteiger partial charge in [0.05, 0.1) is 0 Å². The van der Waals surface area contributed by atoms with E-state index in [1.807, 2.05) is 0 Å². The predicted octanol–water partition coefficient (Wildman–Crippen LogP) is 0.754. The van der Waals surface area contributed by atoms with E-state index in [2.05, 4.69) is 4.74 Å². The standard InChI is InChI=1S/C3H2F3NO2/c4-3(5,6)1-9-2(7)8/h1H2. The summed E-state index contributed by atoms with van der Waals surface area (Å²) >= 11 is 0. The summed E-state index contributed by atoms with van der Waals surface area (Å²) in [6.45, 7) is -1.75. The third-order valence-corrected chi connectivity index (χ3v) is 0.359. The number of carbonyl (C=O) groups excluding carboxylic acids is 1. The molecule has 0 atom stereocenters. The molecular formula is C3H2F3NO2. The molecule has 9 heavy (non-hydrogen) atoms. The van der Waals surface area contributed by atoms with Crippen LogP contribution in [-0.4, -0.2) is 18.9 Å². The number of halogens is 3. The van der Waals surface area contributed by atoms with Crippen LogP contribution in [0.15, 0.2) is 0 Å². The molecule has 0 aromatic rings. The van der Waals surface area contributed by atoms with Gasteiger partial charge in [0.2, 0.25) is 0 Å². The quantitative estimate of drug-likeness (QED) is 0.541. The lowest BCUT2D eigenvalue weighted by molar-refractivity contribution is -0.159. The molecule has 0 aliphatic heterocycles. The van der Waals surface area contributed by atoms with Crippen molar-refractivity contribution in [2.45, 2.75) is 6.18 Å². The van der Waals surface area contributed by atoms with Crippen LogP contribution in [0.2, 0.25) is 0 Å². The Balaban J connectivity index is 3.39. The van der Waals surface area contributed by atoms with Crippen molar-refractivity contribution in [1.82, 2.24) is 5.73 Å². The van der Waals surface area contributed by atoms with Crippen molar-refractivity contribution in [2.75, 3.05) is 6.61 Å². The molecule has 0 bridgehead atoms. The van der Waals surface area contributed by atoms with Crippen LogP contribution < -0.4 is 5.73 Å². The number of amides is 1. The average Bonchev–Trinajstić information content (AvgIpc) is 1.59. The first-order valence-electron chi connectivity index (χ1n) is 1.84. The normalized spacial score (nSPS) is 11.0. The van der Waals surface area contributed by atoms with Gasteiger partial charge in [0, 0.05) is 0 Å². The summed E-state index contributed by atoms with van der Waals surface area (Å²) in [5, 5.41) is 0. The summed E-state index contributed by atoms with van der Waals surface area (Å²) < 4.78 is 36.3. The predicted molar refractivity (Wildman–Crippen MR) is 19.5 cm³/mol. The number of ether oxygens (including phenoxy) is 1. The zero-order valence-corrected chi connectivity index (χ0v) is 4.10. The molecule has 52 valence electrons. The van der Waals surface area contributed by atoms with E-state index in [9.17, 15) is 18.0 Å². The maximum Gasteiger partial charge on any atom is 0.452 e. The molecule has 0 spiro atoms. The van der Waals surface area contributed by atoms with Crippen LogP contribution in [0.1, 0.15) is 0 Å². The van der Waals surface area contributed by atoms with Gasteiger partial charge in [-0.05, 0) is 0 Å². The van der Waals surface area contributed by atoms with E-state index in [0.29, 0.717) is 0 Å². The molecule has 0 N–H and O–H groups in total. The minimum absolute atomic E-state index is 1.75.